The fourth-order valence-corrected chi connectivity index (χ4v) is 3.90. The van der Waals surface area contributed by atoms with Crippen LogP contribution in [0.5, 0.6) is 5.75 Å². The number of ether oxygens (including phenoxy) is 1. The Hall–Kier alpha value is -3.53. The molecule has 1 amide bonds. The van der Waals surface area contributed by atoms with E-state index >= 15 is 0 Å². The van der Waals surface area contributed by atoms with Crippen molar-refractivity contribution in [1.29, 1.82) is 0 Å². The fraction of sp³-hybridized carbons (Fsp3) is 0.136. The topological polar surface area (TPSA) is 84.5 Å². The molecule has 0 bridgehead atoms. The van der Waals surface area contributed by atoms with Crippen molar-refractivity contribution in [1.82, 2.24) is 5.32 Å². The van der Waals surface area contributed by atoms with E-state index in [0.29, 0.717) is 11.8 Å². The lowest BCUT2D eigenvalue weighted by Crippen LogP contribution is -2.23. The summed E-state index contributed by atoms with van der Waals surface area (Å²) >= 11 is 0. The summed E-state index contributed by atoms with van der Waals surface area (Å²) in [5.41, 5.74) is -0.321. The molecule has 0 aromatic heterocycles. The van der Waals surface area contributed by atoms with E-state index in [1.54, 1.807) is 31.4 Å². The van der Waals surface area contributed by atoms with E-state index in [-0.39, 0.29) is 22.7 Å². The molecule has 168 valence electrons. The summed E-state index contributed by atoms with van der Waals surface area (Å²) in [6.45, 7) is 0.211. The maximum absolute atomic E-state index is 12.9. The Morgan fingerprint density at radius 3 is 2.31 bits per heavy atom. The van der Waals surface area contributed by atoms with Gasteiger partial charge in [-0.1, -0.05) is 24.3 Å². The minimum absolute atomic E-state index is 0.0884. The van der Waals surface area contributed by atoms with Crippen molar-refractivity contribution < 1.29 is 31.1 Å². The van der Waals surface area contributed by atoms with Gasteiger partial charge in [-0.2, -0.15) is 13.2 Å². The number of benzene rings is 3. The van der Waals surface area contributed by atoms with Crippen molar-refractivity contribution in [2.45, 2.75) is 17.6 Å². The molecule has 32 heavy (non-hydrogen) atoms. The minimum atomic E-state index is -4.61. The highest BCUT2D eigenvalue weighted by atomic mass is 32.2. The zero-order valence-electron chi connectivity index (χ0n) is 16.8. The normalized spacial score (nSPS) is 11.6. The molecule has 0 aliphatic heterocycles. The lowest BCUT2D eigenvalue weighted by molar-refractivity contribution is -0.137. The minimum Gasteiger partial charge on any atom is -0.497 e. The number of hydrogen-bond acceptors (Lipinski definition) is 4. The largest absolute Gasteiger partial charge is 0.497 e. The summed E-state index contributed by atoms with van der Waals surface area (Å²) in [7, 11) is -2.68. The molecule has 0 heterocycles. The second kappa shape index (κ2) is 9.31. The quantitative estimate of drug-likeness (QED) is 0.541. The number of nitrogens with one attached hydrogen (secondary N) is 2. The van der Waals surface area contributed by atoms with Crippen LogP contribution in [0.3, 0.4) is 0 Å². The molecule has 3 aromatic rings. The third kappa shape index (κ3) is 5.79. The highest BCUT2D eigenvalue weighted by Crippen LogP contribution is 2.31. The van der Waals surface area contributed by atoms with Crippen LogP contribution in [0.4, 0.5) is 18.9 Å². The van der Waals surface area contributed by atoms with Gasteiger partial charge in [0.1, 0.15) is 5.75 Å². The number of carbonyl (C=O) groups is 1. The number of alkyl halides is 3. The molecule has 0 radical (unpaired) electrons. The molecule has 6 nitrogen and oxygen atoms in total. The molecular formula is C22H19F3N2O4S. The first-order chi connectivity index (χ1) is 15.1. The maximum atomic E-state index is 12.9. The predicted molar refractivity (Wildman–Crippen MR) is 113 cm³/mol. The van der Waals surface area contributed by atoms with Crippen molar-refractivity contribution >= 4 is 21.6 Å². The van der Waals surface area contributed by atoms with Crippen LogP contribution in [0.15, 0.2) is 77.7 Å². The molecule has 3 rings (SSSR count). The first kappa shape index (κ1) is 23.1. The van der Waals surface area contributed by atoms with Gasteiger partial charge in [-0.15, -0.1) is 0 Å². The third-order valence-corrected chi connectivity index (χ3v) is 5.84. The highest BCUT2D eigenvalue weighted by molar-refractivity contribution is 7.92. The monoisotopic (exact) mass is 464 g/mol. The van der Waals surface area contributed by atoms with Gasteiger partial charge in [0, 0.05) is 17.8 Å². The van der Waals surface area contributed by atoms with Crippen LogP contribution < -0.4 is 14.8 Å². The summed E-state index contributed by atoms with van der Waals surface area (Å²) in [5, 5.41) is 2.69. The van der Waals surface area contributed by atoms with Crippen LogP contribution >= 0.6 is 0 Å². The molecule has 2 N–H and O–H groups in total. The fourth-order valence-electron chi connectivity index (χ4n) is 2.81. The van der Waals surface area contributed by atoms with Crippen molar-refractivity contribution in [2.24, 2.45) is 0 Å². The molecule has 0 saturated heterocycles. The van der Waals surface area contributed by atoms with Gasteiger partial charge in [0.25, 0.3) is 15.9 Å². The molecular weight excluding hydrogens is 445 g/mol. The molecule has 0 aliphatic rings. The Labute approximate surface area is 183 Å². The Morgan fingerprint density at radius 1 is 0.969 bits per heavy atom. The lowest BCUT2D eigenvalue weighted by atomic mass is 10.2. The summed E-state index contributed by atoms with van der Waals surface area (Å²) < 4.78 is 71.1. The SMILES string of the molecule is COc1ccc(CNC(=O)c2cccc(S(=O)(=O)Nc3cccc(C(F)(F)F)c3)c2)cc1. The molecule has 3 aromatic carbocycles. The van der Waals surface area contributed by atoms with Gasteiger partial charge in [-0.3, -0.25) is 9.52 Å². The Balaban J connectivity index is 1.73. The summed E-state index contributed by atoms with van der Waals surface area (Å²) in [6.07, 6.45) is -4.61. The van der Waals surface area contributed by atoms with Crippen LogP contribution in [0.25, 0.3) is 0 Å². The average molecular weight is 464 g/mol. The summed E-state index contributed by atoms with van der Waals surface area (Å²) in [6, 6.07) is 16.1. The van der Waals surface area contributed by atoms with Gasteiger partial charge in [-0.25, -0.2) is 8.42 Å². The average Bonchev–Trinajstić information content (AvgIpc) is 2.77. The predicted octanol–water partition coefficient (Wildman–Crippen LogP) is 4.44. The molecule has 0 saturated carbocycles. The number of sulfonamides is 1. The molecule has 0 spiro atoms. The Morgan fingerprint density at radius 2 is 1.66 bits per heavy atom. The molecule has 10 heteroatoms. The third-order valence-electron chi connectivity index (χ3n) is 4.46. The zero-order chi connectivity index (χ0) is 23.4. The van der Waals surface area contributed by atoms with Crippen LogP contribution in [0, 0.1) is 0 Å². The molecule has 0 aliphatic carbocycles. The molecule has 0 fully saturated rings. The van der Waals surface area contributed by atoms with Crippen molar-refractivity contribution in [3.8, 4) is 5.75 Å². The van der Waals surface area contributed by atoms with E-state index in [1.165, 1.54) is 24.3 Å². The van der Waals surface area contributed by atoms with Crippen LogP contribution in [-0.4, -0.2) is 21.4 Å². The maximum Gasteiger partial charge on any atom is 0.416 e. The summed E-state index contributed by atoms with van der Waals surface area (Å²) in [5.74, 6) is 0.170. The smallest absolute Gasteiger partial charge is 0.416 e. The van der Waals surface area contributed by atoms with Gasteiger partial charge in [0.05, 0.1) is 17.6 Å². The van der Waals surface area contributed by atoms with Gasteiger partial charge in [0.2, 0.25) is 0 Å². The Kier molecular flexibility index (Phi) is 6.73. The van der Waals surface area contributed by atoms with Gasteiger partial charge < -0.3 is 10.1 Å². The van der Waals surface area contributed by atoms with E-state index in [2.05, 4.69) is 10.0 Å². The standard InChI is InChI=1S/C22H19F3N2O4S/c1-31-19-10-8-15(9-11-19)14-26-21(28)16-4-2-7-20(12-16)32(29,30)27-18-6-3-5-17(13-18)22(23,24)25/h2-13,27H,14H2,1H3,(H,26,28). The molecule has 0 unspecified atom stereocenters. The van der Waals surface area contributed by atoms with Crippen molar-refractivity contribution in [3.05, 3.63) is 89.5 Å². The zero-order valence-corrected chi connectivity index (χ0v) is 17.6. The summed E-state index contributed by atoms with van der Waals surface area (Å²) in [4.78, 5) is 12.2. The van der Waals surface area contributed by atoms with Gasteiger partial charge in [0.15, 0.2) is 0 Å². The number of amides is 1. The van der Waals surface area contributed by atoms with Crippen molar-refractivity contribution in [3.63, 3.8) is 0 Å². The van der Waals surface area contributed by atoms with Crippen LogP contribution in [0.2, 0.25) is 0 Å². The Bertz CT molecular complexity index is 1210. The van der Waals surface area contributed by atoms with Crippen molar-refractivity contribution in [2.75, 3.05) is 11.8 Å². The van der Waals surface area contributed by atoms with E-state index in [9.17, 15) is 26.4 Å². The number of anilines is 1. The second-order valence-electron chi connectivity index (χ2n) is 6.74. The van der Waals surface area contributed by atoms with E-state index in [0.717, 1.165) is 23.8 Å². The molecule has 0 atom stereocenters. The van der Waals surface area contributed by atoms with Crippen LogP contribution in [-0.2, 0) is 22.7 Å². The number of halogens is 3. The van der Waals surface area contributed by atoms with Crippen LogP contribution in [0.1, 0.15) is 21.5 Å². The number of rotatable bonds is 7. The van der Waals surface area contributed by atoms with Gasteiger partial charge in [-0.05, 0) is 54.1 Å². The number of carbonyl (C=O) groups excluding carboxylic acids is 1. The number of methoxy groups -OCH3 is 1. The van der Waals surface area contributed by atoms with E-state index in [4.69, 9.17) is 4.74 Å². The second-order valence-corrected chi connectivity index (χ2v) is 8.43. The van der Waals surface area contributed by atoms with Gasteiger partial charge >= 0.3 is 6.18 Å². The van der Waals surface area contributed by atoms with E-state index < -0.39 is 27.7 Å². The first-order valence-electron chi connectivity index (χ1n) is 9.30. The number of hydrogen-bond donors (Lipinski definition) is 2. The van der Waals surface area contributed by atoms with E-state index in [1.807, 2.05) is 0 Å². The first-order valence-corrected chi connectivity index (χ1v) is 10.8. The lowest BCUT2D eigenvalue weighted by Gasteiger charge is -2.12. The highest BCUT2D eigenvalue weighted by Gasteiger charge is 2.30.